The molecule has 118 valence electrons. The lowest BCUT2D eigenvalue weighted by Crippen LogP contribution is -2.38. The van der Waals surface area contributed by atoms with E-state index in [-0.39, 0.29) is 0 Å². The molecule has 3 rings (SSSR count). The Hall–Kier alpha value is -0.870. The van der Waals surface area contributed by atoms with Gasteiger partial charge in [-0.15, -0.1) is 0 Å². The lowest BCUT2D eigenvalue weighted by atomic mass is 10.0. The van der Waals surface area contributed by atoms with E-state index in [1.807, 2.05) is 0 Å². The molecule has 21 heavy (non-hydrogen) atoms. The summed E-state index contributed by atoms with van der Waals surface area (Å²) in [6, 6.07) is 0.783. The molecule has 0 amide bonds. The van der Waals surface area contributed by atoms with Crippen molar-refractivity contribution in [2.24, 2.45) is 0 Å². The molecule has 0 spiro atoms. The zero-order valence-corrected chi connectivity index (χ0v) is 13.7. The monoisotopic (exact) mass is 290 g/mol. The topological polar surface area (TPSA) is 33.1 Å². The van der Waals surface area contributed by atoms with E-state index in [9.17, 15) is 0 Å². The molecule has 0 saturated carbocycles. The Morgan fingerprint density at radius 3 is 3.00 bits per heavy atom. The Bertz CT molecular complexity index is 466. The third-order valence-corrected chi connectivity index (χ3v) is 5.15. The van der Waals surface area contributed by atoms with Crippen molar-refractivity contribution in [3.8, 4) is 0 Å². The van der Waals surface area contributed by atoms with E-state index in [0.29, 0.717) is 0 Å². The minimum Gasteiger partial charge on any atom is -0.332 e. The number of hydrogen-bond donors (Lipinski definition) is 1. The second-order valence-corrected chi connectivity index (χ2v) is 6.59. The van der Waals surface area contributed by atoms with Crippen LogP contribution < -0.4 is 5.32 Å². The molecule has 1 atom stereocenters. The molecule has 1 fully saturated rings. The van der Waals surface area contributed by atoms with Crippen LogP contribution in [0.4, 0.5) is 0 Å². The molecule has 1 aromatic rings. The Morgan fingerprint density at radius 1 is 1.29 bits per heavy atom. The molecule has 1 saturated heterocycles. The first-order valence-electron chi connectivity index (χ1n) is 8.81. The number of rotatable bonds is 5. The van der Waals surface area contributed by atoms with Gasteiger partial charge in [-0.1, -0.05) is 13.3 Å². The quantitative estimate of drug-likeness (QED) is 0.903. The Balaban J connectivity index is 1.60. The van der Waals surface area contributed by atoms with Crippen LogP contribution in [0, 0.1) is 0 Å². The van der Waals surface area contributed by atoms with E-state index >= 15 is 0 Å². The lowest BCUT2D eigenvalue weighted by Gasteiger charge is -2.33. The molecule has 4 nitrogen and oxygen atoms in total. The molecular weight excluding hydrogens is 260 g/mol. The third-order valence-electron chi connectivity index (χ3n) is 5.15. The number of aryl methyl sites for hydroxylation is 1. The van der Waals surface area contributed by atoms with Crippen molar-refractivity contribution < 1.29 is 0 Å². The average Bonchev–Trinajstić information content (AvgIpc) is 2.87. The molecule has 0 aliphatic carbocycles. The number of imidazole rings is 1. The maximum Gasteiger partial charge on any atom is 0.108 e. The van der Waals surface area contributed by atoms with Gasteiger partial charge in [0.05, 0.1) is 5.69 Å². The minimum absolute atomic E-state index is 0.783. The predicted octanol–water partition coefficient (Wildman–Crippen LogP) is 2.36. The standard InChI is InChI=1S/C17H30N4/c1-3-17-19-15-13-18-9-8-16(15)21(17)12-6-11-20-10-5-4-7-14(20)2/h14,18H,3-13H2,1-2H3. The van der Waals surface area contributed by atoms with Crippen LogP contribution in [-0.2, 0) is 25.9 Å². The first-order valence-corrected chi connectivity index (χ1v) is 8.81. The van der Waals surface area contributed by atoms with E-state index in [0.717, 1.165) is 38.5 Å². The number of nitrogens with zero attached hydrogens (tertiary/aromatic N) is 3. The van der Waals surface area contributed by atoms with E-state index < -0.39 is 0 Å². The summed E-state index contributed by atoms with van der Waals surface area (Å²) >= 11 is 0. The van der Waals surface area contributed by atoms with Gasteiger partial charge in [-0.3, -0.25) is 0 Å². The van der Waals surface area contributed by atoms with Crippen LogP contribution in [0.3, 0.4) is 0 Å². The van der Waals surface area contributed by atoms with Crippen LogP contribution in [0.15, 0.2) is 0 Å². The number of nitrogens with one attached hydrogen (secondary N) is 1. The molecule has 1 unspecified atom stereocenters. The summed E-state index contributed by atoms with van der Waals surface area (Å²) in [5.74, 6) is 1.29. The van der Waals surface area contributed by atoms with Crippen LogP contribution >= 0.6 is 0 Å². The molecule has 4 heteroatoms. The minimum atomic E-state index is 0.783. The van der Waals surface area contributed by atoms with Gasteiger partial charge in [0.15, 0.2) is 0 Å². The first-order chi connectivity index (χ1) is 10.3. The Kier molecular flexibility index (Phi) is 4.96. The summed E-state index contributed by atoms with van der Waals surface area (Å²) in [5.41, 5.74) is 2.79. The van der Waals surface area contributed by atoms with Crippen molar-refractivity contribution in [1.29, 1.82) is 0 Å². The summed E-state index contributed by atoms with van der Waals surface area (Å²) < 4.78 is 2.52. The molecule has 0 bridgehead atoms. The maximum atomic E-state index is 4.84. The zero-order chi connectivity index (χ0) is 14.7. The zero-order valence-electron chi connectivity index (χ0n) is 13.7. The molecule has 0 aromatic carbocycles. The van der Waals surface area contributed by atoms with Gasteiger partial charge in [-0.25, -0.2) is 4.98 Å². The normalized spacial score (nSPS) is 23.2. The molecule has 1 N–H and O–H groups in total. The summed E-state index contributed by atoms with van der Waals surface area (Å²) in [6.07, 6.45) is 7.63. The molecule has 2 aliphatic rings. The Morgan fingerprint density at radius 2 is 2.19 bits per heavy atom. The van der Waals surface area contributed by atoms with Crippen molar-refractivity contribution >= 4 is 0 Å². The number of fused-ring (bicyclic) bond motifs is 1. The highest BCUT2D eigenvalue weighted by molar-refractivity contribution is 5.20. The van der Waals surface area contributed by atoms with Gasteiger partial charge < -0.3 is 14.8 Å². The summed E-state index contributed by atoms with van der Waals surface area (Å²) in [5, 5.41) is 3.44. The fraction of sp³-hybridized carbons (Fsp3) is 0.824. The number of aromatic nitrogens is 2. The van der Waals surface area contributed by atoms with Gasteiger partial charge in [0, 0.05) is 50.8 Å². The van der Waals surface area contributed by atoms with Crippen molar-refractivity contribution in [3.63, 3.8) is 0 Å². The molecule has 0 radical (unpaired) electrons. The highest BCUT2D eigenvalue weighted by Gasteiger charge is 2.20. The van der Waals surface area contributed by atoms with Crippen LogP contribution in [0.1, 0.15) is 56.7 Å². The number of likely N-dealkylation sites (tertiary alicyclic amines) is 1. The molecule has 2 aliphatic heterocycles. The highest BCUT2D eigenvalue weighted by Crippen LogP contribution is 2.19. The largest absolute Gasteiger partial charge is 0.332 e. The van der Waals surface area contributed by atoms with Crippen molar-refractivity contribution in [3.05, 3.63) is 17.2 Å². The lowest BCUT2D eigenvalue weighted by molar-refractivity contribution is 0.156. The summed E-state index contributed by atoms with van der Waals surface area (Å²) in [4.78, 5) is 7.52. The van der Waals surface area contributed by atoms with Crippen molar-refractivity contribution in [1.82, 2.24) is 19.8 Å². The average molecular weight is 290 g/mol. The van der Waals surface area contributed by atoms with Gasteiger partial charge in [0.25, 0.3) is 0 Å². The van der Waals surface area contributed by atoms with E-state index in [1.165, 1.54) is 56.0 Å². The maximum absolute atomic E-state index is 4.84. The Labute approximate surface area is 128 Å². The predicted molar refractivity (Wildman–Crippen MR) is 86.5 cm³/mol. The fourth-order valence-electron chi connectivity index (χ4n) is 3.88. The van der Waals surface area contributed by atoms with Crippen molar-refractivity contribution in [2.45, 2.75) is 71.5 Å². The third kappa shape index (κ3) is 3.32. The van der Waals surface area contributed by atoms with Crippen molar-refractivity contribution in [2.75, 3.05) is 19.6 Å². The molecule has 3 heterocycles. The van der Waals surface area contributed by atoms with Crippen LogP contribution in [-0.4, -0.2) is 40.1 Å². The number of hydrogen-bond acceptors (Lipinski definition) is 3. The van der Waals surface area contributed by atoms with Gasteiger partial charge in [-0.05, 0) is 32.7 Å². The van der Waals surface area contributed by atoms with Gasteiger partial charge in [0.2, 0.25) is 0 Å². The van der Waals surface area contributed by atoms with E-state index in [1.54, 1.807) is 0 Å². The van der Waals surface area contributed by atoms with Crippen LogP contribution in [0.25, 0.3) is 0 Å². The first kappa shape index (κ1) is 15.0. The SMILES string of the molecule is CCc1nc2c(n1CCCN1CCCCC1C)CCNC2. The van der Waals surface area contributed by atoms with E-state index in [2.05, 4.69) is 28.6 Å². The second kappa shape index (κ2) is 6.93. The number of piperidine rings is 1. The van der Waals surface area contributed by atoms with Gasteiger partial charge in [0.1, 0.15) is 5.82 Å². The smallest absolute Gasteiger partial charge is 0.108 e. The van der Waals surface area contributed by atoms with Crippen LogP contribution in [0.2, 0.25) is 0 Å². The summed E-state index contributed by atoms with van der Waals surface area (Å²) in [6.45, 7) is 10.4. The van der Waals surface area contributed by atoms with E-state index in [4.69, 9.17) is 4.98 Å². The molecular formula is C17H30N4. The molecule has 1 aromatic heterocycles. The fourth-order valence-corrected chi connectivity index (χ4v) is 3.88. The van der Waals surface area contributed by atoms with Crippen LogP contribution in [0.5, 0.6) is 0 Å². The summed E-state index contributed by atoms with van der Waals surface area (Å²) in [7, 11) is 0. The van der Waals surface area contributed by atoms with Gasteiger partial charge >= 0.3 is 0 Å². The highest BCUT2D eigenvalue weighted by atomic mass is 15.2. The van der Waals surface area contributed by atoms with Gasteiger partial charge in [-0.2, -0.15) is 0 Å². The second-order valence-electron chi connectivity index (χ2n) is 6.59.